The first-order chi connectivity index (χ1) is 9.61. The van der Waals surface area contributed by atoms with Crippen molar-refractivity contribution in [3.63, 3.8) is 0 Å². The van der Waals surface area contributed by atoms with Crippen LogP contribution in [0, 0.1) is 16.0 Å². The normalized spacial score (nSPS) is 14.4. The van der Waals surface area contributed by atoms with Gasteiger partial charge in [-0.3, -0.25) is 14.9 Å². The quantitative estimate of drug-likeness (QED) is 0.597. The molecule has 2 rings (SSSR count). The summed E-state index contributed by atoms with van der Waals surface area (Å²) in [6.45, 7) is 4.44. The van der Waals surface area contributed by atoms with E-state index in [9.17, 15) is 14.9 Å². The van der Waals surface area contributed by atoms with E-state index in [0.717, 1.165) is 13.1 Å². The Hall–Kier alpha value is -2.15. The van der Waals surface area contributed by atoms with Crippen molar-refractivity contribution in [1.29, 1.82) is 0 Å². The molecule has 1 aromatic carbocycles. The maximum absolute atomic E-state index is 11.9. The van der Waals surface area contributed by atoms with E-state index in [1.807, 2.05) is 0 Å². The van der Waals surface area contributed by atoms with Crippen LogP contribution in [0.1, 0.15) is 17.3 Å². The molecule has 0 spiro atoms. The van der Waals surface area contributed by atoms with Crippen molar-refractivity contribution < 1.29 is 14.5 Å². The summed E-state index contributed by atoms with van der Waals surface area (Å²) in [5, 5.41) is 16.9. The minimum atomic E-state index is -0.544. The number of hydrogen-bond acceptors (Lipinski definition) is 5. The topological polar surface area (TPSA) is 93.5 Å². The van der Waals surface area contributed by atoms with E-state index in [4.69, 9.17) is 4.74 Å². The van der Waals surface area contributed by atoms with Gasteiger partial charge in [-0.05, 0) is 19.1 Å². The molecular formula is C13H17N3O4. The molecular weight excluding hydrogens is 262 g/mol. The van der Waals surface area contributed by atoms with Crippen LogP contribution >= 0.6 is 0 Å². The fourth-order valence-electron chi connectivity index (χ4n) is 1.91. The lowest BCUT2D eigenvalue weighted by Crippen LogP contribution is -2.48. The Kier molecular flexibility index (Phi) is 4.52. The minimum Gasteiger partial charge on any atom is -0.487 e. The number of ether oxygens (including phenoxy) is 1. The molecule has 1 aliphatic rings. The first kappa shape index (κ1) is 14.3. The maximum atomic E-state index is 11.9. The number of amides is 1. The molecule has 1 fully saturated rings. The van der Waals surface area contributed by atoms with Gasteiger partial charge in [-0.15, -0.1) is 0 Å². The summed E-state index contributed by atoms with van der Waals surface area (Å²) in [4.78, 5) is 22.4. The molecule has 0 atom stereocenters. The van der Waals surface area contributed by atoms with E-state index in [-0.39, 0.29) is 22.9 Å². The lowest BCUT2D eigenvalue weighted by Gasteiger charge is -2.27. The molecule has 1 saturated heterocycles. The molecule has 0 saturated carbocycles. The van der Waals surface area contributed by atoms with Crippen molar-refractivity contribution >= 4 is 11.6 Å². The Bertz CT molecular complexity index is 514. The number of carbonyl (C=O) groups is 1. The van der Waals surface area contributed by atoms with Crippen LogP contribution in [-0.4, -0.2) is 37.1 Å². The Morgan fingerprint density at radius 1 is 1.55 bits per heavy atom. The molecule has 0 aromatic heterocycles. The van der Waals surface area contributed by atoms with E-state index >= 15 is 0 Å². The van der Waals surface area contributed by atoms with Crippen LogP contribution in [0.25, 0.3) is 0 Å². The molecule has 2 N–H and O–H groups in total. The van der Waals surface area contributed by atoms with Gasteiger partial charge in [0.1, 0.15) is 0 Å². The molecule has 0 unspecified atom stereocenters. The first-order valence-corrected chi connectivity index (χ1v) is 6.52. The monoisotopic (exact) mass is 279 g/mol. The highest BCUT2D eigenvalue weighted by molar-refractivity contribution is 5.95. The Balaban J connectivity index is 2.08. The molecule has 1 amide bonds. The summed E-state index contributed by atoms with van der Waals surface area (Å²) in [7, 11) is 0. The fourth-order valence-corrected chi connectivity index (χ4v) is 1.91. The summed E-state index contributed by atoms with van der Waals surface area (Å²) in [6.07, 6.45) is 0. The van der Waals surface area contributed by atoms with Crippen LogP contribution in [-0.2, 0) is 0 Å². The lowest BCUT2D eigenvalue weighted by atomic mass is 10.0. The Labute approximate surface area is 116 Å². The van der Waals surface area contributed by atoms with Crippen LogP contribution < -0.4 is 15.4 Å². The number of hydrogen-bond donors (Lipinski definition) is 2. The number of carbonyl (C=O) groups excluding carboxylic acids is 1. The van der Waals surface area contributed by atoms with Gasteiger partial charge in [0.2, 0.25) is 0 Å². The third kappa shape index (κ3) is 3.24. The van der Waals surface area contributed by atoms with Gasteiger partial charge in [-0.25, -0.2) is 0 Å². The average molecular weight is 279 g/mol. The van der Waals surface area contributed by atoms with Crippen molar-refractivity contribution in [3.8, 4) is 5.75 Å². The van der Waals surface area contributed by atoms with Crippen molar-refractivity contribution in [1.82, 2.24) is 10.6 Å². The number of nitro benzene ring substituents is 1. The van der Waals surface area contributed by atoms with Gasteiger partial charge in [0, 0.05) is 37.2 Å². The van der Waals surface area contributed by atoms with Gasteiger partial charge in [0.15, 0.2) is 5.75 Å². The fraction of sp³-hybridized carbons (Fsp3) is 0.462. The number of nitro groups is 1. The zero-order valence-electron chi connectivity index (χ0n) is 11.2. The standard InChI is InChI=1S/C13H17N3O4/c1-2-20-12-4-3-10(5-11(12)16(18)19)13(17)15-8-9-6-14-7-9/h3-5,9,14H,2,6-8H2,1H3,(H,15,17). The molecule has 0 bridgehead atoms. The van der Waals surface area contributed by atoms with Gasteiger partial charge in [-0.1, -0.05) is 0 Å². The summed E-state index contributed by atoms with van der Waals surface area (Å²) in [5.41, 5.74) is 0.0808. The summed E-state index contributed by atoms with van der Waals surface area (Å²) >= 11 is 0. The second-order valence-corrected chi connectivity index (χ2v) is 4.61. The van der Waals surface area contributed by atoms with Gasteiger partial charge in [0.05, 0.1) is 11.5 Å². The largest absolute Gasteiger partial charge is 0.487 e. The van der Waals surface area contributed by atoms with E-state index < -0.39 is 4.92 Å². The second kappa shape index (κ2) is 6.33. The lowest BCUT2D eigenvalue weighted by molar-refractivity contribution is -0.385. The van der Waals surface area contributed by atoms with Crippen molar-refractivity contribution in [3.05, 3.63) is 33.9 Å². The van der Waals surface area contributed by atoms with E-state index in [1.165, 1.54) is 18.2 Å². The van der Waals surface area contributed by atoms with Gasteiger partial charge < -0.3 is 15.4 Å². The molecule has 0 aliphatic carbocycles. The smallest absolute Gasteiger partial charge is 0.311 e. The van der Waals surface area contributed by atoms with Crippen LogP contribution in [0.3, 0.4) is 0 Å². The summed E-state index contributed by atoms with van der Waals surface area (Å²) < 4.78 is 5.18. The van der Waals surface area contributed by atoms with E-state index in [1.54, 1.807) is 6.92 Å². The molecule has 108 valence electrons. The van der Waals surface area contributed by atoms with E-state index in [2.05, 4.69) is 10.6 Å². The Morgan fingerprint density at radius 3 is 2.85 bits per heavy atom. The predicted molar refractivity (Wildman–Crippen MR) is 73.0 cm³/mol. The molecule has 0 radical (unpaired) electrons. The highest BCUT2D eigenvalue weighted by Gasteiger charge is 2.20. The molecule has 7 heteroatoms. The van der Waals surface area contributed by atoms with E-state index in [0.29, 0.717) is 19.1 Å². The highest BCUT2D eigenvalue weighted by Crippen LogP contribution is 2.27. The van der Waals surface area contributed by atoms with Crippen molar-refractivity contribution in [2.45, 2.75) is 6.92 Å². The molecule has 20 heavy (non-hydrogen) atoms. The van der Waals surface area contributed by atoms with Crippen molar-refractivity contribution in [2.75, 3.05) is 26.2 Å². The average Bonchev–Trinajstić information content (AvgIpc) is 2.37. The zero-order chi connectivity index (χ0) is 14.5. The summed E-state index contributed by atoms with van der Waals surface area (Å²) in [6, 6.07) is 4.24. The van der Waals surface area contributed by atoms with Crippen molar-refractivity contribution in [2.24, 2.45) is 5.92 Å². The molecule has 1 aromatic rings. The van der Waals surface area contributed by atoms with Gasteiger partial charge in [-0.2, -0.15) is 0 Å². The highest BCUT2D eigenvalue weighted by atomic mass is 16.6. The molecule has 1 aliphatic heterocycles. The predicted octanol–water partition coefficient (Wildman–Crippen LogP) is 0.943. The van der Waals surface area contributed by atoms with Crippen LogP contribution in [0.2, 0.25) is 0 Å². The number of nitrogens with one attached hydrogen (secondary N) is 2. The molecule has 7 nitrogen and oxygen atoms in total. The number of rotatable bonds is 6. The van der Waals surface area contributed by atoms with Gasteiger partial charge in [0.25, 0.3) is 5.91 Å². The van der Waals surface area contributed by atoms with Gasteiger partial charge >= 0.3 is 5.69 Å². The van der Waals surface area contributed by atoms with Crippen LogP contribution in [0.5, 0.6) is 5.75 Å². The minimum absolute atomic E-state index is 0.178. The number of benzene rings is 1. The SMILES string of the molecule is CCOc1ccc(C(=O)NCC2CNC2)cc1[N+](=O)[O-]. The summed E-state index contributed by atoms with van der Waals surface area (Å²) in [5.74, 6) is 0.317. The third-order valence-corrected chi connectivity index (χ3v) is 3.13. The first-order valence-electron chi connectivity index (χ1n) is 6.52. The third-order valence-electron chi connectivity index (χ3n) is 3.13. The van der Waals surface area contributed by atoms with Crippen LogP contribution in [0.15, 0.2) is 18.2 Å². The number of nitrogens with zero attached hydrogens (tertiary/aromatic N) is 1. The second-order valence-electron chi connectivity index (χ2n) is 4.61. The maximum Gasteiger partial charge on any atom is 0.311 e. The molecule has 1 heterocycles. The van der Waals surface area contributed by atoms with Crippen LogP contribution in [0.4, 0.5) is 5.69 Å². The zero-order valence-corrected chi connectivity index (χ0v) is 11.2. The Morgan fingerprint density at radius 2 is 2.30 bits per heavy atom.